The molecule has 0 aliphatic rings. The Labute approximate surface area is 146 Å². The van der Waals surface area contributed by atoms with Gasteiger partial charge in [0.05, 0.1) is 18.7 Å². The predicted molar refractivity (Wildman–Crippen MR) is 95.5 cm³/mol. The number of carboxylic acid groups (broad SMARTS) is 1. The number of amides is 2. The molecule has 2 amide bonds. The van der Waals surface area contributed by atoms with E-state index in [0.717, 1.165) is 12.8 Å². The summed E-state index contributed by atoms with van der Waals surface area (Å²) in [5.74, 6) is 0.211. The molecule has 0 bridgehead atoms. The van der Waals surface area contributed by atoms with Crippen molar-refractivity contribution in [1.29, 1.82) is 0 Å². The van der Waals surface area contributed by atoms with Crippen LogP contribution in [0.3, 0.4) is 0 Å². The minimum Gasteiger partial charge on any atom is -0.522 e. The van der Waals surface area contributed by atoms with Gasteiger partial charge in [0.15, 0.2) is 0 Å². The largest absolute Gasteiger partial charge is 0.522 e. The van der Waals surface area contributed by atoms with E-state index in [1.54, 1.807) is 19.1 Å². The van der Waals surface area contributed by atoms with E-state index in [4.69, 9.17) is 14.6 Å². The molecule has 0 saturated heterocycles. The number of nitrogens with zero attached hydrogens (tertiary/aromatic N) is 1. The maximum Gasteiger partial charge on any atom is 0.290 e. The maximum atomic E-state index is 11.9. The Kier molecular flexibility index (Phi) is 25.9. The van der Waals surface area contributed by atoms with Crippen LogP contribution in [0.25, 0.3) is 0 Å². The summed E-state index contributed by atoms with van der Waals surface area (Å²) in [6.07, 6.45) is 4.58. The van der Waals surface area contributed by atoms with Gasteiger partial charge in [-0.2, -0.15) is 6.41 Å². The Morgan fingerprint density at radius 1 is 1.28 bits per heavy atom. The summed E-state index contributed by atoms with van der Waals surface area (Å²) < 4.78 is 5.47. The van der Waals surface area contributed by atoms with Crippen molar-refractivity contribution in [3.8, 4) is 0 Å². The van der Waals surface area contributed by atoms with Crippen molar-refractivity contribution in [2.24, 2.45) is 5.92 Å². The van der Waals surface area contributed by atoms with E-state index in [9.17, 15) is 9.59 Å². The molecule has 8 heteroatoms. The molecule has 0 radical (unpaired) electrons. The van der Waals surface area contributed by atoms with E-state index < -0.39 is 0 Å². The van der Waals surface area contributed by atoms with Crippen LogP contribution in [0.1, 0.15) is 53.9 Å². The van der Waals surface area contributed by atoms with Crippen molar-refractivity contribution in [2.75, 3.05) is 20.7 Å². The van der Waals surface area contributed by atoms with Gasteiger partial charge < -0.3 is 24.9 Å². The quantitative estimate of drug-likeness (QED) is 0.239. The monoisotopic (exact) mass is 604 g/mol. The van der Waals surface area contributed by atoms with Crippen LogP contribution >= 0.6 is 0 Å². The number of carbonyl (C=O) groups excluding carboxylic acids is 2. The van der Waals surface area contributed by atoms with Crippen LogP contribution in [-0.4, -0.2) is 61.6 Å². The van der Waals surface area contributed by atoms with Gasteiger partial charge in [-0.25, -0.2) is 0 Å². The molecule has 0 fully saturated rings. The van der Waals surface area contributed by atoms with Crippen LogP contribution in [0, 0.1) is 5.92 Å². The normalized spacial score (nSPS) is 12.4. The summed E-state index contributed by atoms with van der Waals surface area (Å²) in [5, 5.41) is 9.17. The molecule has 25 heavy (non-hydrogen) atoms. The van der Waals surface area contributed by atoms with Crippen LogP contribution < -0.4 is 5.32 Å². The van der Waals surface area contributed by atoms with E-state index >= 15 is 0 Å². The Bertz CT molecular complexity index is 315. The molecule has 7 nitrogen and oxygen atoms in total. The fraction of sp³-hybridized carbons (Fsp3) is 0.824. The molecule has 0 rings (SSSR count). The first-order valence-electron chi connectivity index (χ1n) is 8.32. The van der Waals surface area contributed by atoms with Gasteiger partial charge in [0.1, 0.15) is 0 Å². The molecule has 3 unspecified atom stereocenters. The van der Waals surface area contributed by atoms with Crippen molar-refractivity contribution < 1.29 is 24.2 Å². The Hall–Kier alpha value is -2.63. The van der Waals surface area contributed by atoms with Crippen LogP contribution in [-0.2, 0) is 19.1 Å². The molecule has 0 aromatic rings. The molecule has 0 aliphatic carbocycles. The number of ether oxygens (including phenoxy) is 1. The first-order chi connectivity index (χ1) is 11.4. The molecule has 2 N–H and O–H groups in total. The van der Waals surface area contributed by atoms with Crippen molar-refractivity contribution in [1.82, 2.24) is 10.2 Å². The topological polar surface area (TPSA) is 95.9 Å². The first kappa shape index (κ1) is 30.3. The third-order valence-corrected chi connectivity index (χ3v) is 3.47. The molecule has 3 atom stereocenters. The fourth-order valence-corrected chi connectivity index (χ4v) is 2.19. The number of nitrogens with one attached hydrogen (secondary N) is 1. The summed E-state index contributed by atoms with van der Waals surface area (Å²) in [7, 11) is 3.42. The molecule has 0 aromatic heterocycles. The number of likely N-dealkylation sites (N-methyl/N-ethyl adjacent to an activating group) is 1. The molecule has 156 valence electrons. The van der Waals surface area contributed by atoms with Gasteiger partial charge in [0, 0.05) is 14.2 Å². The predicted octanol–water partition coefficient (Wildman–Crippen LogP) is 2.06. The van der Waals surface area contributed by atoms with Crippen LogP contribution in [0.15, 0.2) is 0 Å². The van der Waals surface area contributed by atoms with Crippen molar-refractivity contribution in [3.63, 3.8) is 0 Å². The third-order valence-electron chi connectivity index (χ3n) is 3.47. The molecule has 0 aliphatic heterocycles. The second kappa shape index (κ2) is 21.4. The van der Waals surface area contributed by atoms with E-state index in [1.165, 1.54) is 12.8 Å². The summed E-state index contributed by atoms with van der Waals surface area (Å²) in [6, 6.07) is 0.0194. The second-order valence-corrected chi connectivity index (χ2v) is 5.33. The van der Waals surface area contributed by atoms with E-state index in [2.05, 4.69) is 33.0 Å². The summed E-state index contributed by atoms with van der Waals surface area (Å²) in [6.45, 7) is 10.2. The molecule has 0 saturated carbocycles. The third kappa shape index (κ3) is 14.7. The van der Waals surface area contributed by atoms with Crippen molar-refractivity contribution >= 4 is 18.8 Å². The Balaban J connectivity index is -0.000000274. The molecule has 0 heterocycles. The first-order valence-corrected chi connectivity index (χ1v) is 8.32. The van der Waals surface area contributed by atoms with Crippen molar-refractivity contribution in [2.45, 2.75) is 66.0 Å². The van der Waals surface area contributed by atoms with Gasteiger partial charge in [-0.05, 0) is 12.3 Å². The van der Waals surface area contributed by atoms with Crippen LogP contribution in [0.4, 0.5) is 0 Å². The fourth-order valence-electron chi connectivity index (χ4n) is 2.19. The minimum atomic E-state index is -0.250. The molecular formula is C17H35FmN2O5-. The second-order valence-electron chi connectivity index (χ2n) is 5.33. The van der Waals surface area contributed by atoms with Gasteiger partial charge in [0.2, 0.25) is 5.91 Å². The van der Waals surface area contributed by atoms with E-state index in [1.807, 2.05) is 6.92 Å². The number of methoxy groups -OCH3 is 1. The number of hydrogen-bond donors (Lipinski definition) is 2. The van der Waals surface area contributed by atoms with Gasteiger partial charge >= 0.3 is 0 Å². The standard InChI is InChI=1S/C13H25N2O3.C3H8.CH2O2.Fm/c1-6-10(3)13(11(7-2)18-5)15(4)12(17)8-14-9-16;1-3-2;2-1-3;/h10-11,13H,6-8H2,1-5H3,(H,14,16);3H2,1-2H3;1H,(H,2,3);/q-1;;;. The Morgan fingerprint density at radius 2 is 1.72 bits per heavy atom. The minimum absolute atomic E-state index is 0. The van der Waals surface area contributed by atoms with Crippen molar-refractivity contribution in [3.05, 3.63) is 0 Å². The van der Waals surface area contributed by atoms with E-state index in [-0.39, 0.29) is 31.1 Å². The van der Waals surface area contributed by atoms with Gasteiger partial charge in [-0.1, -0.05) is 47.5 Å². The van der Waals surface area contributed by atoms with Gasteiger partial charge in [-0.3, -0.25) is 9.59 Å². The summed E-state index contributed by atoms with van der Waals surface area (Å²) in [4.78, 5) is 32.1. The number of hydrogen-bond acceptors (Lipinski definition) is 4. The zero-order chi connectivity index (χ0) is 19.5. The van der Waals surface area contributed by atoms with Crippen LogP contribution in [0.2, 0.25) is 0 Å². The SMILES string of the molecule is CCC.CCC(C)C(C(CC)OC)N(C)C(=O)CN[C-]=O.O=CO.[Fm]. The molecular weight excluding hydrogens is 569 g/mol. The Morgan fingerprint density at radius 3 is 2.00 bits per heavy atom. The maximum absolute atomic E-state index is 11.9. The van der Waals surface area contributed by atoms with Gasteiger partial charge in [-0.15, -0.1) is 0 Å². The van der Waals surface area contributed by atoms with E-state index in [0.29, 0.717) is 5.92 Å². The average Bonchev–Trinajstić information content (AvgIpc) is 2.57. The smallest absolute Gasteiger partial charge is 0.290 e. The van der Waals surface area contributed by atoms with Gasteiger partial charge in [0.25, 0.3) is 6.47 Å². The zero-order valence-corrected chi connectivity index (χ0v) is 18.9. The summed E-state index contributed by atoms with van der Waals surface area (Å²) in [5.41, 5.74) is 0. The molecule has 0 aromatic carbocycles. The summed E-state index contributed by atoms with van der Waals surface area (Å²) >= 11 is 0. The number of rotatable bonds is 9. The van der Waals surface area contributed by atoms with Crippen LogP contribution in [0.5, 0.6) is 0 Å². The molecule has 0 spiro atoms. The zero-order valence-electron chi connectivity index (χ0n) is 16.5. The number of carbonyl (C=O) groups is 2. The average molecular weight is 604 g/mol.